The van der Waals surface area contributed by atoms with Crippen LogP contribution in [0.4, 0.5) is 15.0 Å². The highest BCUT2D eigenvalue weighted by molar-refractivity contribution is 7.52. The first-order valence-corrected chi connectivity index (χ1v) is 15.8. The van der Waals surface area contributed by atoms with Gasteiger partial charge in [-0.25, -0.2) is 18.5 Å². The summed E-state index contributed by atoms with van der Waals surface area (Å²) in [5.41, 5.74) is -3.51. The van der Waals surface area contributed by atoms with E-state index in [0.29, 0.717) is 12.8 Å². The zero-order valence-electron chi connectivity index (χ0n) is 25.5. The minimum absolute atomic E-state index is 0.128. The number of carbonyl (C=O) groups excluding carboxylic acids is 2. The van der Waals surface area contributed by atoms with Crippen molar-refractivity contribution >= 4 is 25.6 Å². The van der Waals surface area contributed by atoms with Crippen LogP contribution < -0.4 is 20.6 Å². The molecule has 2 heterocycles. The SMILES string of the molecule is CCC(CC)OC(=O)Nc1ccn([C@@H]2O[C@H](CO[P@@](=O)(N[C@@H](C)C(=O)OC(C)C)Oc3ccccc3)[C@@H](O)[C@@]2(C)F)c(=O)n1. The molecule has 6 atom stereocenters. The molecule has 1 amide bonds. The number of esters is 1. The maximum atomic E-state index is 15.8. The zero-order chi connectivity index (χ0) is 32.7. The van der Waals surface area contributed by atoms with E-state index in [-0.39, 0.29) is 17.7 Å². The average Bonchev–Trinajstić information content (AvgIpc) is 3.18. The Kier molecular flexibility index (Phi) is 12.0. The van der Waals surface area contributed by atoms with Crippen molar-refractivity contribution in [2.24, 2.45) is 0 Å². The second-order valence-corrected chi connectivity index (χ2v) is 12.3. The molecule has 0 saturated carbocycles. The van der Waals surface area contributed by atoms with Crippen molar-refractivity contribution in [2.45, 2.75) is 96.7 Å². The second kappa shape index (κ2) is 15.1. The van der Waals surface area contributed by atoms with Crippen LogP contribution in [0.15, 0.2) is 47.4 Å². The highest BCUT2D eigenvalue weighted by atomic mass is 31.2. The summed E-state index contributed by atoms with van der Waals surface area (Å²) in [6.45, 7) is 8.78. The number of para-hydroxylation sites is 1. The molecule has 1 aliphatic rings. The summed E-state index contributed by atoms with van der Waals surface area (Å²) < 4.78 is 57.5. The number of ether oxygens (including phenoxy) is 3. The molecule has 0 radical (unpaired) electrons. The van der Waals surface area contributed by atoms with Crippen LogP contribution in [0.2, 0.25) is 0 Å². The van der Waals surface area contributed by atoms with Gasteiger partial charge in [-0.15, -0.1) is 0 Å². The number of benzene rings is 1. The van der Waals surface area contributed by atoms with Crippen molar-refractivity contribution in [3.8, 4) is 5.75 Å². The highest BCUT2D eigenvalue weighted by Crippen LogP contribution is 2.47. The first kappa shape index (κ1) is 35.1. The van der Waals surface area contributed by atoms with Crippen LogP contribution in [0, 0.1) is 0 Å². The molecule has 44 heavy (non-hydrogen) atoms. The van der Waals surface area contributed by atoms with Gasteiger partial charge in [0.1, 0.15) is 35.9 Å². The minimum atomic E-state index is -4.35. The topological polar surface area (TPSA) is 177 Å². The van der Waals surface area contributed by atoms with Crippen molar-refractivity contribution in [3.63, 3.8) is 0 Å². The third-order valence-electron chi connectivity index (χ3n) is 6.65. The Morgan fingerprint density at radius 3 is 2.41 bits per heavy atom. The maximum absolute atomic E-state index is 15.8. The fourth-order valence-corrected chi connectivity index (χ4v) is 5.76. The number of hydrogen-bond donors (Lipinski definition) is 3. The molecule has 16 heteroatoms. The smallest absolute Gasteiger partial charge is 0.459 e. The number of carbonyl (C=O) groups is 2. The highest BCUT2D eigenvalue weighted by Gasteiger charge is 2.56. The van der Waals surface area contributed by atoms with E-state index in [1.165, 1.54) is 25.1 Å². The molecular formula is C28H40FN4O10P. The molecule has 2 aromatic rings. The molecule has 1 aromatic heterocycles. The van der Waals surface area contributed by atoms with Crippen molar-refractivity contribution in [2.75, 3.05) is 11.9 Å². The number of rotatable bonds is 14. The number of anilines is 1. The lowest BCUT2D eigenvalue weighted by molar-refractivity contribution is -0.149. The van der Waals surface area contributed by atoms with Gasteiger partial charge in [-0.3, -0.25) is 19.2 Å². The van der Waals surface area contributed by atoms with Gasteiger partial charge in [-0.2, -0.15) is 10.1 Å². The molecule has 1 aliphatic heterocycles. The first-order valence-electron chi connectivity index (χ1n) is 14.3. The fourth-order valence-electron chi connectivity index (χ4n) is 4.26. The Morgan fingerprint density at radius 1 is 1.16 bits per heavy atom. The molecule has 3 rings (SSSR count). The van der Waals surface area contributed by atoms with E-state index in [9.17, 15) is 24.1 Å². The fraction of sp³-hybridized carbons (Fsp3) is 0.571. The minimum Gasteiger partial charge on any atom is -0.462 e. The lowest BCUT2D eigenvalue weighted by Gasteiger charge is -2.25. The summed E-state index contributed by atoms with van der Waals surface area (Å²) >= 11 is 0. The Balaban J connectivity index is 1.75. The van der Waals surface area contributed by atoms with Gasteiger partial charge in [0.05, 0.1) is 12.7 Å². The second-order valence-electron chi connectivity index (χ2n) is 10.6. The lowest BCUT2D eigenvalue weighted by Crippen LogP contribution is -2.43. The molecule has 0 aliphatic carbocycles. The summed E-state index contributed by atoms with van der Waals surface area (Å²) in [5.74, 6) is -0.706. The van der Waals surface area contributed by atoms with E-state index in [1.807, 2.05) is 13.8 Å². The Hall–Kier alpha value is -3.36. The molecule has 244 valence electrons. The van der Waals surface area contributed by atoms with Crippen LogP contribution in [0.5, 0.6) is 5.75 Å². The number of nitrogens with zero attached hydrogens (tertiary/aromatic N) is 2. The van der Waals surface area contributed by atoms with Gasteiger partial charge in [0.2, 0.25) is 0 Å². The monoisotopic (exact) mass is 642 g/mol. The quantitative estimate of drug-likeness (QED) is 0.199. The van der Waals surface area contributed by atoms with E-state index in [4.69, 9.17) is 23.3 Å². The number of halogens is 1. The Bertz CT molecular complexity index is 1370. The third kappa shape index (κ3) is 9.08. The number of aliphatic hydroxyl groups is 1. The Morgan fingerprint density at radius 2 is 1.82 bits per heavy atom. The van der Waals surface area contributed by atoms with Gasteiger partial charge >= 0.3 is 25.5 Å². The van der Waals surface area contributed by atoms with Crippen LogP contribution in [0.3, 0.4) is 0 Å². The summed E-state index contributed by atoms with van der Waals surface area (Å²) in [7, 11) is -4.35. The van der Waals surface area contributed by atoms with Gasteiger partial charge in [0, 0.05) is 6.20 Å². The summed E-state index contributed by atoms with van der Waals surface area (Å²) in [4.78, 5) is 41.1. The van der Waals surface area contributed by atoms with Crippen LogP contribution in [0.25, 0.3) is 0 Å². The van der Waals surface area contributed by atoms with Crippen LogP contribution in [0.1, 0.15) is 60.6 Å². The number of nitrogens with one attached hydrogen (secondary N) is 2. The summed E-state index contributed by atoms with van der Waals surface area (Å²) in [6.07, 6.45) is -4.13. The van der Waals surface area contributed by atoms with Crippen molar-refractivity contribution in [1.29, 1.82) is 0 Å². The van der Waals surface area contributed by atoms with Gasteiger partial charge in [0.25, 0.3) is 0 Å². The molecule has 1 saturated heterocycles. The van der Waals surface area contributed by atoms with Crippen molar-refractivity contribution < 1.29 is 46.9 Å². The van der Waals surface area contributed by atoms with Gasteiger partial charge < -0.3 is 23.8 Å². The summed E-state index contributed by atoms with van der Waals surface area (Å²) in [6, 6.07) is 8.09. The molecule has 1 fully saturated rings. The number of aliphatic hydroxyl groups excluding tert-OH is 1. The predicted octanol–water partition coefficient (Wildman–Crippen LogP) is 4.10. The van der Waals surface area contributed by atoms with Crippen LogP contribution >= 0.6 is 7.75 Å². The standard InChI is InChI=1S/C28H40FN4O10P/c1-7-19(8-2)41-27(37)31-22-14-15-33(26(36)30-22)25-28(6,29)23(34)21(42-25)16-39-44(38,43-20-12-10-9-11-13-20)32-18(5)24(35)40-17(3)4/h9-15,17-19,21,23,25,34H,7-8,16H2,1-6H3,(H,32,38)(H,30,31,36,37)/t18-,21+,23+,25+,28+,44-/m0/s1. The first-order chi connectivity index (χ1) is 20.7. The van der Waals surface area contributed by atoms with Crippen LogP contribution in [-0.2, 0) is 28.1 Å². The largest absolute Gasteiger partial charge is 0.462 e. The molecule has 3 N–H and O–H groups in total. The number of hydrogen-bond acceptors (Lipinski definition) is 11. The molecule has 0 bridgehead atoms. The van der Waals surface area contributed by atoms with Gasteiger partial charge in [-0.05, 0) is 58.7 Å². The van der Waals surface area contributed by atoms with E-state index in [2.05, 4.69) is 15.4 Å². The molecule has 14 nitrogen and oxygen atoms in total. The van der Waals surface area contributed by atoms with Crippen molar-refractivity contribution in [3.05, 3.63) is 53.1 Å². The van der Waals surface area contributed by atoms with E-state index >= 15 is 4.39 Å². The third-order valence-corrected chi connectivity index (χ3v) is 8.29. The molecule has 1 aromatic carbocycles. The van der Waals surface area contributed by atoms with E-state index < -0.39 is 68.4 Å². The average molecular weight is 643 g/mol. The van der Waals surface area contributed by atoms with E-state index in [1.54, 1.807) is 32.0 Å². The lowest BCUT2D eigenvalue weighted by atomic mass is 9.98. The van der Waals surface area contributed by atoms with Gasteiger partial charge in [-0.1, -0.05) is 32.0 Å². The van der Waals surface area contributed by atoms with Crippen LogP contribution in [-0.4, -0.2) is 69.5 Å². The summed E-state index contributed by atoms with van der Waals surface area (Å²) in [5, 5.41) is 15.6. The molecule has 0 spiro atoms. The number of aromatic nitrogens is 2. The maximum Gasteiger partial charge on any atom is 0.459 e. The van der Waals surface area contributed by atoms with Crippen molar-refractivity contribution in [1.82, 2.24) is 14.6 Å². The Labute approximate surface area is 254 Å². The normalized spacial score (nSPS) is 23.6. The van der Waals surface area contributed by atoms with Gasteiger partial charge in [0.15, 0.2) is 11.9 Å². The molecule has 0 unspecified atom stereocenters. The zero-order valence-corrected chi connectivity index (χ0v) is 26.4. The van der Waals surface area contributed by atoms with E-state index in [0.717, 1.165) is 17.7 Å². The number of amides is 1. The predicted molar refractivity (Wildman–Crippen MR) is 157 cm³/mol. The molecular weight excluding hydrogens is 602 g/mol. The number of alkyl halides is 1.